The first-order valence-electron chi connectivity index (χ1n) is 5.26. The maximum Gasteiger partial charge on any atom is 0.00180 e. The number of allylic oxidation sites excluding steroid dienone is 1. The minimum atomic E-state index is 0.551. The maximum atomic E-state index is 4.12. The highest BCUT2D eigenvalue weighted by molar-refractivity contribution is 5.44. The molecular weight excluding hydrogens is 168 g/mol. The topological polar surface area (TPSA) is 0 Å². The van der Waals surface area contributed by atoms with Gasteiger partial charge in [-0.1, -0.05) is 55.5 Å². The van der Waals surface area contributed by atoms with Gasteiger partial charge in [0.25, 0.3) is 0 Å². The molecule has 0 heteroatoms. The number of hydrogen-bond donors (Lipinski definition) is 0. The summed E-state index contributed by atoms with van der Waals surface area (Å²) >= 11 is 0. The molecule has 0 heterocycles. The van der Waals surface area contributed by atoms with Crippen LogP contribution in [0.4, 0.5) is 0 Å². The van der Waals surface area contributed by atoms with Gasteiger partial charge in [-0.2, -0.15) is 0 Å². The molecule has 2 rings (SSSR count). The second kappa shape index (κ2) is 3.83. The number of rotatable bonds is 2. The van der Waals surface area contributed by atoms with Crippen molar-refractivity contribution in [3.8, 4) is 0 Å². The van der Waals surface area contributed by atoms with Gasteiger partial charge in [-0.15, -0.1) is 0 Å². The largest absolute Gasteiger partial charge is 0.0993 e. The zero-order chi connectivity index (χ0) is 9.97. The van der Waals surface area contributed by atoms with Crippen molar-refractivity contribution in [3.63, 3.8) is 0 Å². The molecule has 1 unspecified atom stereocenters. The fourth-order valence-corrected chi connectivity index (χ4v) is 1.93. The molecule has 0 radical (unpaired) electrons. The molecule has 0 spiro atoms. The Balaban J connectivity index is 2.43. The summed E-state index contributed by atoms with van der Waals surface area (Å²) in [6.07, 6.45) is 6.86. The van der Waals surface area contributed by atoms with E-state index in [-0.39, 0.29) is 0 Å². The Morgan fingerprint density at radius 2 is 2.07 bits per heavy atom. The van der Waals surface area contributed by atoms with Gasteiger partial charge in [-0.25, -0.2) is 0 Å². The fraction of sp³-hybridized carbons (Fsp3) is 0.286. The van der Waals surface area contributed by atoms with Crippen LogP contribution in [0, 0.1) is 5.92 Å². The van der Waals surface area contributed by atoms with Crippen molar-refractivity contribution in [2.45, 2.75) is 19.8 Å². The predicted octanol–water partition coefficient (Wildman–Crippen LogP) is 2.23. The predicted molar refractivity (Wildman–Crippen MR) is 62.2 cm³/mol. The van der Waals surface area contributed by atoms with Gasteiger partial charge in [0, 0.05) is 5.92 Å². The van der Waals surface area contributed by atoms with Gasteiger partial charge in [-0.3, -0.25) is 0 Å². The third kappa shape index (κ3) is 1.65. The van der Waals surface area contributed by atoms with Crippen molar-refractivity contribution >= 4 is 12.2 Å². The SMILES string of the molecule is C=C(CC)C1C=c2ccccc2=CC1. The molecular formula is C14H16. The molecule has 1 atom stereocenters. The van der Waals surface area contributed by atoms with E-state index in [4.69, 9.17) is 0 Å². The summed E-state index contributed by atoms with van der Waals surface area (Å²) in [5, 5.41) is 2.73. The van der Waals surface area contributed by atoms with Crippen LogP contribution in [0.2, 0.25) is 0 Å². The van der Waals surface area contributed by atoms with Crippen LogP contribution in [0.15, 0.2) is 36.4 Å². The highest BCUT2D eigenvalue weighted by Crippen LogP contribution is 2.19. The molecule has 0 amide bonds. The molecule has 0 nitrogen and oxygen atoms in total. The summed E-state index contributed by atoms with van der Waals surface area (Å²) < 4.78 is 0. The zero-order valence-corrected chi connectivity index (χ0v) is 8.66. The standard InChI is InChI=1S/C14H16/c1-3-11(2)13-9-8-12-6-4-5-7-14(12)10-13/h4-8,10,13H,2-3,9H2,1H3. The highest BCUT2D eigenvalue weighted by Gasteiger charge is 2.08. The van der Waals surface area contributed by atoms with Crippen molar-refractivity contribution in [2.75, 3.05) is 0 Å². The third-order valence-corrected chi connectivity index (χ3v) is 2.95. The average molecular weight is 184 g/mol. The molecule has 0 aliphatic heterocycles. The van der Waals surface area contributed by atoms with Crippen molar-refractivity contribution in [2.24, 2.45) is 5.92 Å². The molecule has 0 saturated carbocycles. The van der Waals surface area contributed by atoms with E-state index in [1.165, 1.54) is 16.0 Å². The second-order valence-corrected chi connectivity index (χ2v) is 3.85. The Bertz CT molecular complexity index is 451. The summed E-state index contributed by atoms with van der Waals surface area (Å²) in [6.45, 7) is 6.30. The van der Waals surface area contributed by atoms with E-state index < -0.39 is 0 Å². The molecule has 14 heavy (non-hydrogen) atoms. The van der Waals surface area contributed by atoms with Gasteiger partial charge in [-0.05, 0) is 23.3 Å². The lowest BCUT2D eigenvalue weighted by Crippen LogP contribution is -2.28. The minimum absolute atomic E-state index is 0.551. The Kier molecular flexibility index (Phi) is 2.53. The van der Waals surface area contributed by atoms with Gasteiger partial charge >= 0.3 is 0 Å². The van der Waals surface area contributed by atoms with Crippen LogP contribution < -0.4 is 10.4 Å². The quantitative estimate of drug-likeness (QED) is 0.618. The van der Waals surface area contributed by atoms with Crippen molar-refractivity contribution in [1.29, 1.82) is 0 Å². The molecule has 0 saturated heterocycles. The first-order chi connectivity index (χ1) is 6.81. The van der Waals surface area contributed by atoms with Crippen molar-refractivity contribution in [3.05, 3.63) is 46.9 Å². The summed E-state index contributed by atoms with van der Waals surface area (Å²) in [4.78, 5) is 0. The van der Waals surface area contributed by atoms with Crippen LogP contribution in [0.5, 0.6) is 0 Å². The van der Waals surface area contributed by atoms with Crippen molar-refractivity contribution < 1.29 is 0 Å². The fourth-order valence-electron chi connectivity index (χ4n) is 1.93. The summed E-state index contributed by atoms with van der Waals surface area (Å²) in [6, 6.07) is 8.55. The first-order valence-corrected chi connectivity index (χ1v) is 5.26. The summed E-state index contributed by atoms with van der Waals surface area (Å²) in [5.41, 5.74) is 1.34. The second-order valence-electron chi connectivity index (χ2n) is 3.85. The van der Waals surface area contributed by atoms with E-state index in [2.05, 4.69) is 49.9 Å². The number of fused-ring (bicyclic) bond motifs is 1. The average Bonchev–Trinajstić information content (AvgIpc) is 2.27. The van der Waals surface area contributed by atoms with Gasteiger partial charge in [0.2, 0.25) is 0 Å². The van der Waals surface area contributed by atoms with Crippen molar-refractivity contribution in [1.82, 2.24) is 0 Å². The Morgan fingerprint density at radius 3 is 2.79 bits per heavy atom. The van der Waals surface area contributed by atoms with Gasteiger partial charge in [0.05, 0.1) is 0 Å². The monoisotopic (exact) mass is 184 g/mol. The molecule has 1 aromatic carbocycles. The lowest BCUT2D eigenvalue weighted by Gasteiger charge is -2.15. The molecule has 0 fully saturated rings. The van der Waals surface area contributed by atoms with E-state index in [0.29, 0.717) is 5.92 Å². The summed E-state index contributed by atoms with van der Waals surface area (Å²) in [5.74, 6) is 0.551. The number of hydrogen-bond acceptors (Lipinski definition) is 0. The smallest absolute Gasteiger partial charge is 0.00180 e. The van der Waals surface area contributed by atoms with Crippen LogP contribution in [0.1, 0.15) is 19.8 Å². The molecule has 72 valence electrons. The van der Waals surface area contributed by atoms with E-state index >= 15 is 0 Å². The Morgan fingerprint density at radius 1 is 1.36 bits per heavy atom. The minimum Gasteiger partial charge on any atom is -0.0993 e. The molecule has 0 bridgehead atoms. The van der Waals surface area contributed by atoms with Crippen LogP contribution in [0.3, 0.4) is 0 Å². The lowest BCUT2D eigenvalue weighted by molar-refractivity contribution is 0.790. The maximum absolute atomic E-state index is 4.12. The van der Waals surface area contributed by atoms with E-state index in [1.54, 1.807) is 0 Å². The van der Waals surface area contributed by atoms with E-state index in [9.17, 15) is 0 Å². The van der Waals surface area contributed by atoms with Crippen LogP contribution >= 0.6 is 0 Å². The molecule has 1 aromatic rings. The number of benzene rings is 1. The third-order valence-electron chi connectivity index (χ3n) is 2.95. The lowest BCUT2D eigenvalue weighted by atomic mass is 9.90. The van der Waals surface area contributed by atoms with E-state index in [0.717, 1.165) is 12.8 Å². The van der Waals surface area contributed by atoms with E-state index in [1.807, 2.05) is 0 Å². The zero-order valence-electron chi connectivity index (χ0n) is 8.66. The summed E-state index contributed by atoms with van der Waals surface area (Å²) in [7, 11) is 0. The first kappa shape index (κ1) is 9.26. The van der Waals surface area contributed by atoms with Gasteiger partial charge in [0.15, 0.2) is 0 Å². The highest BCUT2D eigenvalue weighted by atomic mass is 14.1. The molecule has 0 N–H and O–H groups in total. The molecule has 1 aliphatic carbocycles. The van der Waals surface area contributed by atoms with Crippen LogP contribution in [-0.2, 0) is 0 Å². The van der Waals surface area contributed by atoms with Gasteiger partial charge in [0.1, 0.15) is 0 Å². The van der Waals surface area contributed by atoms with Crippen LogP contribution in [0.25, 0.3) is 12.2 Å². The molecule has 1 aliphatic rings. The Hall–Kier alpha value is -1.30. The Labute approximate surface area is 85.3 Å². The van der Waals surface area contributed by atoms with Gasteiger partial charge < -0.3 is 0 Å². The normalized spacial score (nSPS) is 19.1. The van der Waals surface area contributed by atoms with Crippen LogP contribution in [-0.4, -0.2) is 0 Å². The molecule has 0 aromatic heterocycles.